The van der Waals surface area contributed by atoms with Crippen LogP contribution < -0.4 is 10.6 Å². The van der Waals surface area contributed by atoms with E-state index in [-0.39, 0.29) is 10.6 Å². The Hall–Kier alpha value is -1.73. The molecule has 7 heteroatoms. The van der Waals surface area contributed by atoms with Crippen LogP contribution in [0.4, 0.5) is 5.00 Å². The molecule has 0 unspecified atom stereocenters. The maximum absolute atomic E-state index is 11.3. The summed E-state index contributed by atoms with van der Waals surface area (Å²) in [4.78, 5) is 34.4. The van der Waals surface area contributed by atoms with Gasteiger partial charge >= 0.3 is 5.97 Å². The lowest BCUT2D eigenvalue weighted by atomic mass is 10.0. The van der Waals surface area contributed by atoms with Gasteiger partial charge in [-0.3, -0.25) is 9.59 Å². The van der Waals surface area contributed by atoms with Gasteiger partial charge in [0.1, 0.15) is 5.00 Å². The van der Waals surface area contributed by atoms with Crippen LogP contribution in [0.1, 0.15) is 27.7 Å². The molecule has 0 bridgehead atoms. The minimum absolute atomic E-state index is 0.117. The monoisotopic (exact) mass is 268 g/mol. The summed E-state index contributed by atoms with van der Waals surface area (Å²) in [6.45, 7) is 2.45. The molecule has 0 atom stereocenters. The van der Waals surface area contributed by atoms with E-state index >= 15 is 0 Å². The highest BCUT2D eigenvalue weighted by molar-refractivity contribution is 7.17. The molecule has 3 N–H and O–H groups in total. The Morgan fingerprint density at radius 2 is 2.11 bits per heavy atom. The second kappa shape index (κ2) is 4.87. The number of hydrogen-bond acceptors (Lipinski definition) is 5. The molecule has 0 aromatic carbocycles. The van der Waals surface area contributed by atoms with Gasteiger partial charge in [-0.1, -0.05) is 0 Å². The van der Waals surface area contributed by atoms with Crippen molar-refractivity contribution in [3.63, 3.8) is 0 Å². The van der Waals surface area contributed by atoms with Crippen LogP contribution in [-0.4, -0.2) is 29.3 Å². The third kappa shape index (κ3) is 2.27. The van der Waals surface area contributed by atoms with Crippen molar-refractivity contribution >= 4 is 34.0 Å². The number of carbonyl (C=O) groups is 3. The van der Waals surface area contributed by atoms with Crippen LogP contribution in [0.15, 0.2) is 0 Å². The predicted octanol–water partition coefficient (Wildman–Crippen LogP) is 0.619. The van der Waals surface area contributed by atoms with Gasteiger partial charge in [-0.05, 0) is 18.5 Å². The highest BCUT2D eigenvalue weighted by atomic mass is 32.1. The third-order valence-corrected chi connectivity index (χ3v) is 3.84. The number of fused-ring (bicyclic) bond motifs is 1. The molecule has 18 heavy (non-hydrogen) atoms. The van der Waals surface area contributed by atoms with E-state index in [9.17, 15) is 19.5 Å². The van der Waals surface area contributed by atoms with Crippen molar-refractivity contribution in [2.45, 2.75) is 19.9 Å². The summed E-state index contributed by atoms with van der Waals surface area (Å²) in [7, 11) is 0. The van der Waals surface area contributed by atoms with Gasteiger partial charge in [0, 0.05) is 18.3 Å². The standard InChI is InChI=1S/C11H12N2O4S/c1-5(14)9(15)13-10-8(11(16)17)6-2-3-12-4-7(6)18-10/h12H,2-4H2,1H3,(H,13,15)(H,16,17). The first-order valence-electron chi connectivity index (χ1n) is 5.41. The fraction of sp³-hybridized carbons (Fsp3) is 0.364. The summed E-state index contributed by atoms with van der Waals surface area (Å²) in [5.74, 6) is -2.51. The summed E-state index contributed by atoms with van der Waals surface area (Å²) >= 11 is 1.21. The van der Waals surface area contributed by atoms with Crippen LogP contribution in [-0.2, 0) is 22.6 Å². The number of anilines is 1. The fourth-order valence-electron chi connectivity index (χ4n) is 1.84. The summed E-state index contributed by atoms with van der Waals surface area (Å²) in [6.07, 6.45) is 0.614. The zero-order valence-electron chi connectivity index (χ0n) is 9.70. The largest absolute Gasteiger partial charge is 0.478 e. The minimum Gasteiger partial charge on any atom is -0.478 e. The van der Waals surface area contributed by atoms with Gasteiger partial charge in [0.15, 0.2) is 0 Å². The van der Waals surface area contributed by atoms with Crippen molar-refractivity contribution in [1.29, 1.82) is 0 Å². The molecule has 0 saturated heterocycles. The Balaban J connectivity index is 2.40. The van der Waals surface area contributed by atoms with Crippen molar-refractivity contribution in [3.05, 3.63) is 16.0 Å². The first kappa shape index (κ1) is 12.7. The van der Waals surface area contributed by atoms with Crippen LogP contribution in [0, 0.1) is 0 Å². The van der Waals surface area contributed by atoms with Crippen molar-refractivity contribution < 1.29 is 19.5 Å². The smallest absolute Gasteiger partial charge is 0.339 e. The molecule has 2 rings (SSSR count). The van der Waals surface area contributed by atoms with Gasteiger partial charge in [0.2, 0.25) is 5.78 Å². The van der Waals surface area contributed by atoms with Crippen LogP contribution in [0.3, 0.4) is 0 Å². The number of carboxylic acids is 1. The van der Waals surface area contributed by atoms with Gasteiger partial charge < -0.3 is 15.7 Å². The Kier molecular flexibility index (Phi) is 3.44. The first-order valence-corrected chi connectivity index (χ1v) is 6.22. The summed E-state index contributed by atoms with van der Waals surface area (Å²) in [6, 6.07) is 0. The molecule has 0 aliphatic carbocycles. The third-order valence-electron chi connectivity index (χ3n) is 2.69. The van der Waals surface area contributed by atoms with E-state index in [1.807, 2.05) is 0 Å². The van der Waals surface area contributed by atoms with Crippen molar-refractivity contribution in [2.24, 2.45) is 0 Å². The summed E-state index contributed by atoms with van der Waals surface area (Å²) in [5.41, 5.74) is 0.871. The average Bonchev–Trinajstić information content (AvgIpc) is 2.66. The van der Waals surface area contributed by atoms with Crippen LogP contribution in [0.2, 0.25) is 0 Å². The predicted molar refractivity (Wildman–Crippen MR) is 66.0 cm³/mol. The number of hydrogen-bond donors (Lipinski definition) is 3. The molecular formula is C11H12N2O4S. The van der Waals surface area contributed by atoms with Gasteiger partial charge in [0.25, 0.3) is 5.91 Å². The molecule has 0 saturated carbocycles. The Morgan fingerprint density at radius 1 is 1.39 bits per heavy atom. The maximum atomic E-state index is 11.3. The Bertz CT molecular complexity index is 535. The fourth-order valence-corrected chi connectivity index (χ4v) is 3.04. The molecule has 2 heterocycles. The number of amides is 1. The van der Waals surface area contributed by atoms with Crippen LogP contribution in [0.5, 0.6) is 0 Å². The van der Waals surface area contributed by atoms with E-state index in [1.54, 1.807) is 0 Å². The number of nitrogens with one attached hydrogen (secondary N) is 2. The molecule has 96 valence electrons. The normalized spacial score (nSPS) is 13.8. The Labute approximate surface area is 107 Å². The van der Waals surface area contributed by atoms with Crippen molar-refractivity contribution in [1.82, 2.24) is 5.32 Å². The minimum atomic E-state index is -1.08. The second-order valence-corrected chi connectivity index (χ2v) is 5.06. The molecular weight excluding hydrogens is 256 g/mol. The molecule has 1 aromatic rings. The zero-order chi connectivity index (χ0) is 13.3. The lowest BCUT2D eigenvalue weighted by Gasteiger charge is -2.12. The average molecular weight is 268 g/mol. The number of rotatable bonds is 3. The summed E-state index contributed by atoms with van der Waals surface area (Å²) in [5, 5.41) is 15.0. The molecule has 6 nitrogen and oxygen atoms in total. The number of ketones is 1. The number of thiophene rings is 1. The molecule has 0 fully saturated rings. The SMILES string of the molecule is CC(=O)C(=O)Nc1sc2c(c1C(=O)O)CCNC2. The van der Waals surface area contributed by atoms with Gasteiger partial charge in [-0.25, -0.2) is 4.79 Å². The highest BCUT2D eigenvalue weighted by Gasteiger charge is 2.26. The van der Waals surface area contributed by atoms with E-state index in [2.05, 4.69) is 10.6 Å². The molecule has 0 radical (unpaired) electrons. The van der Waals surface area contributed by atoms with Crippen molar-refractivity contribution in [3.8, 4) is 0 Å². The van der Waals surface area contributed by atoms with E-state index in [4.69, 9.17) is 0 Å². The Morgan fingerprint density at radius 3 is 2.72 bits per heavy atom. The molecule has 1 aliphatic heterocycles. The van der Waals surface area contributed by atoms with E-state index in [0.717, 1.165) is 17.4 Å². The lowest BCUT2D eigenvalue weighted by molar-refractivity contribution is -0.133. The summed E-state index contributed by atoms with van der Waals surface area (Å²) < 4.78 is 0. The second-order valence-electron chi connectivity index (χ2n) is 3.95. The van der Waals surface area contributed by atoms with E-state index in [1.165, 1.54) is 11.3 Å². The lowest BCUT2D eigenvalue weighted by Crippen LogP contribution is -2.23. The van der Waals surface area contributed by atoms with Crippen LogP contribution >= 0.6 is 11.3 Å². The number of carbonyl (C=O) groups excluding carboxylic acids is 2. The quantitative estimate of drug-likeness (QED) is 0.698. The van der Waals surface area contributed by atoms with E-state index in [0.29, 0.717) is 19.5 Å². The molecule has 0 spiro atoms. The van der Waals surface area contributed by atoms with Gasteiger partial charge in [0.05, 0.1) is 5.56 Å². The zero-order valence-corrected chi connectivity index (χ0v) is 10.5. The molecule has 1 aromatic heterocycles. The van der Waals surface area contributed by atoms with Crippen molar-refractivity contribution in [2.75, 3.05) is 11.9 Å². The van der Waals surface area contributed by atoms with Crippen LogP contribution in [0.25, 0.3) is 0 Å². The number of Topliss-reactive ketones (excluding diaryl/α,β-unsaturated/α-hetero) is 1. The highest BCUT2D eigenvalue weighted by Crippen LogP contribution is 2.35. The maximum Gasteiger partial charge on any atom is 0.339 e. The number of carboxylic acid groups (broad SMARTS) is 1. The molecule has 1 amide bonds. The number of aromatic carboxylic acids is 1. The van der Waals surface area contributed by atoms with Gasteiger partial charge in [-0.2, -0.15) is 0 Å². The molecule has 1 aliphatic rings. The van der Waals surface area contributed by atoms with Gasteiger partial charge in [-0.15, -0.1) is 11.3 Å². The first-order chi connectivity index (χ1) is 8.50. The topological polar surface area (TPSA) is 95.5 Å². The van der Waals surface area contributed by atoms with E-state index < -0.39 is 17.7 Å².